The van der Waals surface area contributed by atoms with Crippen LogP contribution in [0.3, 0.4) is 0 Å². The van der Waals surface area contributed by atoms with E-state index < -0.39 is 0 Å². The van der Waals surface area contributed by atoms with Gasteiger partial charge in [0.2, 0.25) is 0 Å². The van der Waals surface area contributed by atoms with Gasteiger partial charge in [0.25, 0.3) is 5.56 Å². The number of pyridine rings is 1. The fourth-order valence-electron chi connectivity index (χ4n) is 3.37. The van der Waals surface area contributed by atoms with E-state index in [4.69, 9.17) is 0 Å². The van der Waals surface area contributed by atoms with Crippen molar-refractivity contribution in [2.24, 2.45) is 0 Å². The monoisotopic (exact) mass is 241 g/mol. The van der Waals surface area contributed by atoms with E-state index in [1.165, 1.54) is 22.0 Å². The lowest BCUT2D eigenvalue weighted by molar-refractivity contribution is 0.638. The molecule has 0 spiro atoms. The number of aromatic nitrogens is 1. The predicted octanol–water partition coefficient (Wildman–Crippen LogP) is 3.24. The molecule has 2 nitrogen and oxygen atoms in total. The summed E-state index contributed by atoms with van der Waals surface area (Å²) in [5.74, 6) is 0.457. The fraction of sp³-hybridized carbons (Fsp3) is 0.438. The maximum atomic E-state index is 12.6. The molecule has 0 saturated carbocycles. The molecule has 3 rings (SSSR count). The number of aryl methyl sites for hydroxylation is 1. The van der Waals surface area contributed by atoms with Crippen molar-refractivity contribution in [3.05, 3.63) is 45.2 Å². The summed E-state index contributed by atoms with van der Waals surface area (Å²) in [6, 6.07) is 6.47. The van der Waals surface area contributed by atoms with Crippen LogP contribution in [0.15, 0.2) is 23.0 Å². The average molecular weight is 241 g/mol. The Balaban J connectivity index is 2.54. The lowest BCUT2D eigenvalue weighted by atomic mass is 9.96. The Morgan fingerprint density at radius 3 is 2.61 bits per heavy atom. The van der Waals surface area contributed by atoms with Crippen molar-refractivity contribution in [3.63, 3.8) is 0 Å². The summed E-state index contributed by atoms with van der Waals surface area (Å²) in [5, 5.41) is 1.29. The van der Waals surface area contributed by atoms with Crippen molar-refractivity contribution in [2.75, 3.05) is 0 Å². The van der Waals surface area contributed by atoms with Crippen LogP contribution >= 0.6 is 0 Å². The molecule has 0 N–H and O–H groups in total. The van der Waals surface area contributed by atoms with Crippen molar-refractivity contribution in [1.82, 2.24) is 4.57 Å². The van der Waals surface area contributed by atoms with Gasteiger partial charge in [-0.3, -0.25) is 4.79 Å². The minimum Gasteiger partial charge on any atom is -0.307 e. The van der Waals surface area contributed by atoms with Crippen LogP contribution in [0.2, 0.25) is 0 Å². The van der Waals surface area contributed by atoms with E-state index in [1.807, 2.05) is 4.57 Å². The summed E-state index contributed by atoms with van der Waals surface area (Å²) in [5.41, 5.74) is 5.02. The van der Waals surface area contributed by atoms with Crippen molar-refractivity contribution in [1.29, 1.82) is 0 Å². The van der Waals surface area contributed by atoms with Gasteiger partial charge in [0.05, 0.1) is 5.52 Å². The summed E-state index contributed by atoms with van der Waals surface area (Å²) in [7, 11) is 0. The van der Waals surface area contributed by atoms with E-state index in [0.29, 0.717) is 5.92 Å². The number of benzene rings is 1. The third-order valence-electron chi connectivity index (χ3n) is 4.22. The van der Waals surface area contributed by atoms with Crippen LogP contribution in [0.4, 0.5) is 0 Å². The highest BCUT2D eigenvalue weighted by Gasteiger charge is 2.24. The molecular weight excluding hydrogens is 222 g/mol. The van der Waals surface area contributed by atoms with E-state index in [9.17, 15) is 4.79 Å². The third kappa shape index (κ3) is 1.32. The highest BCUT2D eigenvalue weighted by molar-refractivity contribution is 5.88. The van der Waals surface area contributed by atoms with Gasteiger partial charge in [-0.05, 0) is 24.0 Å². The SMILES string of the molecule is CCc1c(CC)c2cccc3c2n(c1=O)CC3C. The lowest BCUT2D eigenvalue weighted by Crippen LogP contribution is -2.24. The van der Waals surface area contributed by atoms with Crippen LogP contribution in [0.5, 0.6) is 0 Å². The van der Waals surface area contributed by atoms with Gasteiger partial charge in [0.15, 0.2) is 0 Å². The molecule has 1 unspecified atom stereocenters. The summed E-state index contributed by atoms with van der Waals surface area (Å²) in [6.07, 6.45) is 1.77. The largest absolute Gasteiger partial charge is 0.307 e. The summed E-state index contributed by atoms with van der Waals surface area (Å²) >= 11 is 0. The van der Waals surface area contributed by atoms with E-state index in [2.05, 4.69) is 39.0 Å². The van der Waals surface area contributed by atoms with Crippen LogP contribution in [-0.4, -0.2) is 4.57 Å². The van der Waals surface area contributed by atoms with Gasteiger partial charge < -0.3 is 4.57 Å². The van der Waals surface area contributed by atoms with Crippen molar-refractivity contribution >= 4 is 10.9 Å². The zero-order valence-corrected chi connectivity index (χ0v) is 11.3. The Bertz CT molecular complexity index is 682. The van der Waals surface area contributed by atoms with Gasteiger partial charge >= 0.3 is 0 Å². The second-order valence-corrected chi connectivity index (χ2v) is 5.22. The second-order valence-electron chi connectivity index (χ2n) is 5.22. The van der Waals surface area contributed by atoms with Gasteiger partial charge in [0, 0.05) is 23.4 Å². The number of nitrogens with zero attached hydrogens (tertiary/aromatic N) is 1. The van der Waals surface area contributed by atoms with Crippen LogP contribution in [0, 0.1) is 0 Å². The Morgan fingerprint density at radius 2 is 1.94 bits per heavy atom. The first-order valence-corrected chi connectivity index (χ1v) is 6.86. The molecule has 0 fully saturated rings. The van der Waals surface area contributed by atoms with E-state index in [-0.39, 0.29) is 5.56 Å². The molecule has 1 aromatic heterocycles. The summed E-state index contributed by atoms with van der Waals surface area (Å²) in [4.78, 5) is 12.6. The Hall–Kier alpha value is -1.57. The molecule has 2 heterocycles. The molecule has 18 heavy (non-hydrogen) atoms. The highest BCUT2D eigenvalue weighted by atomic mass is 16.1. The number of hydrogen-bond acceptors (Lipinski definition) is 1. The van der Waals surface area contributed by atoms with Crippen LogP contribution < -0.4 is 5.56 Å². The van der Waals surface area contributed by atoms with E-state index >= 15 is 0 Å². The van der Waals surface area contributed by atoms with Crippen LogP contribution in [-0.2, 0) is 19.4 Å². The minimum atomic E-state index is 0.235. The molecule has 0 bridgehead atoms. The van der Waals surface area contributed by atoms with Crippen molar-refractivity contribution < 1.29 is 0 Å². The first-order chi connectivity index (χ1) is 8.69. The lowest BCUT2D eigenvalue weighted by Gasteiger charge is -2.13. The predicted molar refractivity (Wildman–Crippen MR) is 75.4 cm³/mol. The molecule has 0 amide bonds. The normalized spacial score (nSPS) is 17.6. The molecule has 1 aliphatic heterocycles. The molecule has 94 valence electrons. The minimum absolute atomic E-state index is 0.235. The van der Waals surface area contributed by atoms with Gasteiger partial charge in [-0.15, -0.1) is 0 Å². The zero-order valence-electron chi connectivity index (χ0n) is 11.3. The Kier molecular flexibility index (Phi) is 2.54. The molecule has 1 aromatic carbocycles. The number of para-hydroxylation sites is 1. The molecule has 1 atom stereocenters. The smallest absolute Gasteiger partial charge is 0.254 e. The standard InChI is InChI=1S/C16H19NO/c1-4-11-12(5-2)16(18)17-9-10(3)13-7-6-8-14(11)15(13)17/h6-8,10H,4-5,9H2,1-3H3. The Labute approximate surface area is 107 Å². The van der Waals surface area contributed by atoms with Gasteiger partial charge in [-0.25, -0.2) is 0 Å². The average Bonchev–Trinajstić information content (AvgIpc) is 2.73. The van der Waals surface area contributed by atoms with Gasteiger partial charge in [0.1, 0.15) is 0 Å². The first kappa shape index (κ1) is 11.5. The fourth-order valence-corrected chi connectivity index (χ4v) is 3.37. The maximum Gasteiger partial charge on any atom is 0.254 e. The quantitative estimate of drug-likeness (QED) is 0.791. The molecule has 2 aromatic rings. The third-order valence-corrected chi connectivity index (χ3v) is 4.22. The maximum absolute atomic E-state index is 12.6. The van der Waals surface area contributed by atoms with Gasteiger partial charge in [-0.2, -0.15) is 0 Å². The summed E-state index contributed by atoms with van der Waals surface area (Å²) < 4.78 is 1.99. The molecule has 0 aliphatic carbocycles. The van der Waals surface area contributed by atoms with Crippen molar-refractivity contribution in [3.8, 4) is 0 Å². The molecule has 0 radical (unpaired) electrons. The topological polar surface area (TPSA) is 22.0 Å². The van der Waals surface area contributed by atoms with Gasteiger partial charge in [-0.1, -0.05) is 39.0 Å². The van der Waals surface area contributed by atoms with E-state index in [0.717, 1.165) is 24.9 Å². The Morgan fingerprint density at radius 1 is 1.22 bits per heavy atom. The zero-order chi connectivity index (χ0) is 12.9. The molecule has 2 heteroatoms. The molecule has 1 aliphatic rings. The highest BCUT2D eigenvalue weighted by Crippen LogP contribution is 2.34. The number of rotatable bonds is 2. The number of hydrogen-bond donors (Lipinski definition) is 0. The molecular formula is C16H19NO. The van der Waals surface area contributed by atoms with E-state index in [1.54, 1.807) is 0 Å². The molecule has 0 saturated heterocycles. The van der Waals surface area contributed by atoms with Crippen LogP contribution in [0.1, 0.15) is 43.4 Å². The van der Waals surface area contributed by atoms with Crippen molar-refractivity contribution in [2.45, 2.75) is 46.1 Å². The van der Waals surface area contributed by atoms with Crippen LogP contribution in [0.25, 0.3) is 10.9 Å². The second kappa shape index (κ2) is 3.98. The first-order valence-electron chi connectivity index (χ1n) is 6.86. The summed E-state index contributed by atoms with van der Waals surface area (Å²) in [6.45, 7) is 7.27.